The Morgan fingerprint density at radius 2 is 1.65 bits per heavy atom. The molecule has 2 atom stereocenters. The molecule has 1 saturated heterocycles. The number of carboxylic acid groups (broad SMARTS) is 1. The molecule has 1 amide bonds. The third-order valence-corrected chi connectivity index (χ3v) is 5.14. The van der Waals surface area contributed by atoms with Crippen LogP contribution in [-0.4, -0.2) is 48.1 Å². The maximum Gasteiger partial charge on any atom is 0.307 e. The molecule has 2 fully saturated rings. The van der Waals surface area contributed by atoms with Gasteiger partial charge in [0.1, 0.15) is 5.82 Å². The number of carboxylic acids is 1. The molecule has 1 saturated carbocycles. The normalized spacial score (nSPS) is 26.0. The number of nitrogens with zero attached hydrogens (tertiary/aromatic N) is 2. The van der Waals surface area contributed by atoms with Crippen LogP contribution in [0.1, 0.15) is 13.8 Å². The average Bonchev–Trinajstić information content (AvgIpc) is 3.10. The Morgan fingerprint density at radius 3 is 2.13 bits per heavy atom. The van der Waals surface area contributed by atoms with Crippen molar-refractivity contribution in [3.63, 3.8) is 0 Å². The molecule has 1 heterocycles. The van der Waals surface area contributed by atoms with Crippen LogP contribution < -0.4 is 4.90 Å². The van der Waals surface area contributed by atoms with E-state index >= 15 is 0 Å². The van der Waals surface area contributed by atoms with Crippen LogP contribution in [0.2, 0.25) is 0 Å². The van der Waals surface area contributed by atoms with Crippen molar-refractivity contribution < 1.29 is 19.1 Å². The van der Waals surface area contributed by atoms with Crippen molar-refractivity contribution in [1.29, 1.82) is 0 Å². The monoisotopic (exact) mass is 320 g/mol. The van der Waals surface area contributed by atoms with E-state index in [0.717, 1.165) is 5.69 Å². The van der Waals surface area contributed by atoms with Crippen molar-refractivity contribution in [3.05, 3.63) is 30.1 Å². The van der Waals surface area contributed by atoms with Gasteiger partial charge >= 0.3 is 5.97 Å². The SMILES string of the molecule is CC1(C)C(C(=O)O)C1C(=O)N1CCN(c2ccc(F)cc2)CC1. The van der Waals surface area contributed by atoms with Crippen LogP contribution in [0, 0.1) is 23.1 Å². The molecule has 1 N–H and O–H groups in total. The largest absolute Gasteiger partial charge is 0.481 e. The summed E-state index contributed by atoms with van der Waals surface area (Å²) in [5.74, 6) is -2.21. The van der Waals surface area contributed by atoms with Gasteiger partial charge in [0.2, 0.25) is 5.91 Å². The quantitative estimate of drug-likeness (QED) is 0.923. The van der Waals surface area contributed by atoms with Gasteiger partial charge in [-0.1, -0.05) is 13.8 Å². The van der Waals surface area contributed by atoms with Crippen LogP contribution >= 0.6 is 0 Å². The lowest BCUT2D eigenvalue weighted by atomic mass is 10.1. The summed E-state index contributed by atoms with van der Waals surface area (Å²) in [7, 11) is 0. The van der Waals surface area contributed by atoms with Gasteiger partial charge in [-0.15, -0.1) is 0 Å². The first-order chi connectivity index (χ1) is 10.8. The third-order valence-electron chi connectivity index (χ3n) is 5.14. The standard InChI is InChI=1S/C17H21FN2O3/c1-17(2)13(14(17)16(22)23)15(21)20-9-7-19(8-10-20)12-5-3-11(18)4-6-12/h3-6,13-14H,7-10H2,1-2H3,(H,22,23). The fraction of sp³-hybridized carbons (Fsp3) is 0.529. The molecule has 2 aliphatic rings. The van der Waals surface area contributed by atoms with Crippen molar-refractivity contribution in [2.24, 2.45) is 17.3 Å². The lowest BCUT2D eigenvalue weighted by Gasteiger charge is -2.36. The van der Waals surface area contributed by atoms with Gasteiger partial charge in [0.25, 0.3) is 0 Å². The molecule has 1 aromatic carbocycles. The molecule has 0 bridgehead atoms. The summed E-state index contributed by atoms with van der Waals surface area (Å²) in [5, 5.41) is 9.21. The predicted octanol–water partition coefficient (Wildman–Crippen LogP) is 1.83. The molecule has 1 aliphatic carbocycles. The third kappa shape index (κ3) is 2.78. The predicted molar refractivity (Wildman–Crippen MR) is 83.6 cm³/mol. The Morgan fingerprint density at radius 1 is 1.09 bits per heavy atom. The van der Waals surface area contributed by atoms with Gasteiger partial charge in [-0.2, -0.15) is 0 Å². The smallest absolute Gasteiger partial charge is 0.307 e. The second-order valence-corrected chi connectivity index (χ2v) is 6.90. The van der Waals surface area contributed by atoms with Gasteiger partial charge < -0.3 is 14.9 Å². The lowest BCUT2D eigenvalue weighted by molar-refractivity contribution is -0.142. The van der Waals surface area contributed by atoms with E-state index in [1.807, 2.05) is 13.8 Å². The van der Waals surface area contributed by atoms with Gasteiger partial charge in [-0.3, -0.25) is 9.59 Å². The molecule has 0 aromatic heterocycles. The molecule has 2 unspecified atom stereocenters. The first-order valence-electron chi connectivity index (χ1n) is 7.84. The van der Waals surface area contributed by atoms with Gasteiger partial charge in [-0.05, 0) is 29.7 Å². The number of carbonyl (C=O) groups is 2. The van der Waals surface area contributed by atoms with E-state index < -0.39 is 23.2 Å². The van der Waals surface area contributed by atoms with Crippen molar-refractivity contribution in [1.82, 2.24) is 4.90 Å². The first kappa shape index (κ1) is 15.8. The zero-order valence-corrected chi connectivity index (χ0v) is 13.3. The highest BCUT2D eigenvalue weighted by molar-refractivity contribution is 5.91. The molecule has 1 aromatic rings. The van der Waals surface area contributed by atoms with E-state index in [4.69, 9.17) is 0 Å². The highest BCUT2D eigenvalue weighted by Crippen LogP contribution is 2.59. The molecule has 5 nitrogen and oxygen atoms in total. The number of hydrogen-bond donors (Lipinski definition) is 1. The van der Waals surface area contributed by atoms with E-state index in [9.17, 15) is 19.1 Å². The Balaban J connectivity index is 1.60. The maximum atomic E-state index is 13.0. The summed E-state index contributed by atoms with van der Waals surface area (Å²) in [6.07, 6.45) is 0. The van der Waals surface area contributed by atoms with E-state index in [1.54, 1.807) is 17.0 Å². The van der Waals surface area contributed by atoms with Crippen LogP contribution in [-0.2, 0) is 9.59 Å². The van der Waals surface area contributed by atoms with Crippen molar-refractivity contribution in [2.45, 2.75) is 13.8 Å². The summed E-state index contributed by atoms with van der Waals surface area (Å²) >= 11 is 0. The minimum atomic E-state index is -0.890. The number of aliphatic carboxylic acids is 1. The van der Waals surface area contributed by atoms with Crippen molar-refractivity contribution >= 4 is 17.6 Å². The van der Waals surface area contributed by atoms with Crippen LogP contribution in [0.25, 0.3) is 0 Å². The summed E-state index contributed by atoms with van der Waals surface area (Å²) in [5.41, 5.74) is 0.477. The van der Waals surface area contributed by atoms with Gasteiger partial charge in [-0.25, -0.2) is 4.39 Å². The van der Waals surface area contributed by atoms with Crippen molar-refractivity contribution in [2.75, 3.05) is 31.1 Å². The molecule has 124 valence electrons. The zero-order valence-electron chi connectivity index (χ0n) is 13.3. The number of halogens is 1. The Hall–Kier alpha value is -2.11. The maximum absolute atomic E-state index is 13.0. The van der Waals surface area contributed by atoms with Gasteiger partial charge in [0, 0.05) is 31.9 Å². The average molecular weight is 320 g/mol. The zero-order chi connectivity index (χ0) is 16.8. The number of carbonyl (C=O) groups excluding carboxylic acids is 1. The van der Waals surface area contributed by atoms with Crippen LogP contribution in [0.3, 0.4) is 0 Å². The summed E-state index contributed by atoms with van der Waals surface area (Å²) < 4.78 is 13.0. The summed E-state index contributed by atoms with van der Waals surface area (Å²) in [4.78, 5) is 27.7. The molecule has 3 rings (SSSR count). The first-order valence-corrected chi connectivity index (χ1v) is 7.84. The number of piperazine rings is 1. The number of anilines is 1. The fourth-order valence-electron chi connectivity index (χ4n) is 3.59. The van der Waals surface area contributed by atoms with Crippen molar-refractivity contribution in [3.8, 4) is 0 Å². The molecular formula is C17H21FN2O3. The molecule has 1 aliphatic heterocycles. The van der Waals surface area contributed by atoms with E-state index in [-0.39, 0.29) is 11.7 Å². The second-order valence-electron chi connectivity index (χ2n) is 6.90. The minimum Gasteiger partial charge on any atom is -0.481 e. The van der Waals surface area contributed by atoms with E-state index in [0.29, 0.717) is 26.2 Å². The summed E-state index contributed by atoms with van der Waals surface area (Å²) in [6.45, 7) is 6.14. The summed E-state index contributed by atoms with van der Waals surface area (Å²) in [6, 6.07) is 6.32. The molecule has 23 heavy (non-hydrogen) atoms. The van der Waals surface area contributed by atoms with Crippen LogP contribution in [0.4, 0.5) is 10.1 Å². The second kappa shape index (κ2) is 5.51. The number of hydrogen-bond acceptors (Lipinski definition) is 3. The van der Waals surface area contributed by atoms with E-state index in [2.05, 4.69) is 4.90 Å². The number of rotatable bonds is 3. The minimum absolute atomic E-state index is 0.0545. The molecule has 6 heteroatoms. The Kier molecular flexibility index (Phi) is 3.78. The molecular weight excluding hydrogens is 299 g/mol. The van der Waals surface area contributed by atoms with Crippen LogP contribution in [0.15, 0.2) is 24.3 Å². The Bertz CT molecular complexity index is 621. The van der Waals surface area contributed by atoms with Gasteiger partial charge in [0.15, 0.2) is 0 Å². The molecule has 0 radical (unpaired) electrons. The molecule has 0 spiro atoms. The fourth-order valence-corrected chi connectivity index (χ4v) is 3.59. The number of benzene rings is 1. The van der Waals surface area contributed by atoms with Crippen LogP contribution in [0.5, 0.6) is 0 Å². The van der Waals surface area contributed by atoms with Gasteiger partial charge in [0.05, 0.1) is 11.8 Å². The highest BCUT2D eigenvalue weighted by Gasteiger charge is 2.66. The topological polar surface area (TPSA) is 60.9 Å². The lowest BCUT2D eigenvalue weighted by Crippen LogP contribution is -2.49. The van der Waals surface area contributed by atoms with E-state index in [1.165, 1.54) is 12.1 Å². The highest BCUT2D eigenvalue weighted by atomic mass is 19.1. The number of amides is 1. The Labute approximate surface area is 134 Å².